The number of nitrogens with two attached hydrogens (primary N) is 1. The van der Waals surface area contributed by atoms with Crippen LogP contribution in [0.25, 0.3) is 10.8 Å². The van der Waals surface area contributed by atoms with Crippen molar-refractivity contribution in [2.75, 3.05) is 38.5 Å². The molecule has 7 heteroatoms. The van der Waals surface area contributed by atoms with Gasteiger partial charge < -0.3 is 10.6 Å². The van der Waals surface area contributed by atoms with Crippen LogP contribution >= 0.6 is 37.4 Å². The lowest BCUT2D eigenvalue weighted by molar-refractivity contribution is 0.0763. The second kappa shape index (κ2) is 11.0. The van der Waals surface area contributed by atoms with Gasteiger partial charge in [-0.25, -0.2) is 0 Å². The molecule has 0 unspecified atom stereocenters. The van der Waals surface area contributed by atoms with Crippen molar-refractivity contribution in [3.05, 3.63) is 48.0 Å². The van der Waals surface area contributed by atoms with Gasteiger partial charge >= 0.3 is 0 Å². The Labute approximate surface area is 173 Å². The third-order valence-corrected chi connectivity index (χ3v) is 5.09. The quantitative estimate of drug-likeness (QED) is 0.754. The summed E-state index contributed by atoms with van der Waals surface area (Å²) in [6, 6.07) is 14.1. The van der Waals surface area contributed by atoms with E-state index < -0.39 is 0 Å². The van der Waals surface area contributed by atoms with Crippen LogP contribution in [0.4, 0.5) is 0 Å². The van der Waals surface area contributed by atoms with Crippen LogP contribution in [0.2, 0.25) is 0 Å². The van der Waals surface area contributed by atoms with E-state index in [2.05, 4.69) is 29.7 Å². The second-order valence-electron chi connectivity index (χ2n) is 6.42. The normalized spacial score (nSPS) is 16.3. The lowest BCUT2D eigenvalue weighted by atomic mass is 10.0. The van der Waals surface area contributed by atoms with Gasteiger partial charge in [-0.05, 0) is 29.8 Å². The smallest absolute Gasteiger partial charge is 0.254 e. The summed E-state index contributed by atoms with van der Waals surface area (Å²) in [6.07, 6.45) is 0.982. The summed E-state index contributed by atoms with van der Waals surface area (Å²) in [4.78, 5) is 17.3. The van der Waals surface area contributed by atoms with Crippen LogP contribution in [0.1, 0.15) is 16.8 Å². The molecular weight excluding hydrogens is 389 g/mol. The standard InChI is InChI=1S/C19H25N3OS.2ClH/c20-16(14-24)13-21-9-4-10-22(12-11-21)19(23)18-8-3-6-15-5-1-2-7-17(15)18;;/h1-3,5-8,16,24H,4,9-14,20H2;2*1H/t16-;;/m1../s1. The van der Waals surface area contributed by atoms with E-state index >= 15 is 0 Å². The van der Waals surface area contributed by atoms with Crippen LogP contribution in [0.5, 0.6) is 0 Å². The summed E-state index contributed by atoms with van der Waals surface area (Å²) >= 11 is 4.26. The molecule has 0 aromatic heterocycles. The van der Waals surface area contributed by atoms with Gasteiger partial charge in [0, 0.05) is 43.5 Å². The van der Waals surface area contributed by atoms with Gasteiger partial charge in [-0.3, -0.25) is 9.69 Å². The van der Waals surface area contributed by atoms with Crippen molar-refractivity contribution < 1.29 is 4.79 Å². The molecule has 0 bridgehead atoms. The average Bonchev–Trinajstić information content (AvgIpc) is 2.86. The molecule has 0 saturated carbocycles. The number of nitrogens with zero attached hydrogens (tertiary/aromatic N) is 2. The fourth-order valence-corrected chi connectivity index (χ4v) is 3.44. The Hall–Kier alpha value is -0.980. The van der Waals surface area contributed by atoms with E-state index in [9.17, 15) is 4.79 Å². The van der Waals surface area contributed by atoms with Crippen molar-refractivity contribution in [3.63, 3.8) is 0 Å². The first-order chi connectivity index (χ1) is 11.7. The summed E-state index contributed by atoms with van der Waals surface area (Å²) in [5.41, 5.74) is 6.80. The van der Waals surface area contributed by atoms with Crippen molar-refractivity contribution in [2.45, 2.75) is 12.5 Å². The number of fused-ring (bicyclic) bond motifs is 1. The molecule has 1 fully saturated rings. The third-order valence-electron chi connectivity index (χ3n) is 4.62. The predicted molar refractivity (Wildman–Crippen MR) is 117 cm³/mol. The molecule has 1 heterocycles. The SMILES string of the molecule is Cl.Cl.N[C@@H](CS)CN1CCCN(C(=O)c2cccc3ccccc23)CC1. The lowest BCUT2D eigenvalue weighted by Crippen LogP contribution is -2.41. The number of rotatable bonds is 4. The maximum Gasteiger partial charge on any atom is 0.254 e. The van der Waals surface area contributed by atoms with Crippen LogP contribution < -0.4 is 5.73 Å². The molecule has 2 N–H and O–H groups in total. The first-order valence-corrected chi connectivity index (χ1v) is 9.18. The van der Waals surface area contributed by atoms with E-state index in [0.29, 0.717) is 5.75 Å². The molecule has 0 aliphatic carbocycles. The topological polar surface area (TPSA) is 49.6 Å². The van der Waals surface area contributed by atoms with Crippen molar-refractivity contribution in [1.29, 1.82) is 0 Å². The molecule has 2 aromatic rings. The van der Waals surface area contributed by atoms with Crippen LogP contribution in [0, 0.1) is 0 Å². The molecule has 0 radical (unpaired) electrons. The molecule has 1 amide bonds. The summed E-state index contributed by atoms with van der Waals surface area (Å²) in [6.45, 7) is 4.26. The minimum atomic E-state index is 0. The summed E-state index contributed by atoms with van der Waals surface area (Å²) in [5, 5.41) is 2.14. The monoisotopic (exact) mass is 415 g/mol. The number of carbonyl (C=O) groups excluding carboxylic acids is 1. The number of benzene rings is 2. The fourth-order valence-electron chi connectivity index (χ4n) is 3.33. The van der Waals surface area contributed by atoms with Crippen molar-refractivity contribution in [1.82, 2.24) is 9.80 Å². The van der Waals surface area contributed by atoms with E-state index in [1.807, 2.05) is 35.2 Å². The van der Waals surface area contributed by atoms with Gasteiger partial charge in [-0.1, -0.05) is 36.4 Å². The number of thiol groups is 1. The van der Waals surface area contributed by atoms with Gasteiger partial charge in [0.2, 0.25) is 0 Å². The number of hydrogen-bond donors (Lipinski definition) is 2. The van der Waals surface area contributed by atoms with Crippen LogP contribution in [0.15, 0.2) is 42.5 Å². The maximum absolute atomic E-state index is 13.0. The highest BCUT2D eigenvalue weighted by Gasteiger charge is 2.22. The molecule has 3 rings (SSSR count). The van der Waals surface area contributed by atoms with E-state index in [-0.39, 0.29) is 36.8 Å². The van der Waals surface area contributed by atoms with Gasteiger partial charge in [0.15, 0.2) is 0 Å². The van der Waals surface area contributed by atoms with Gasteiger partial charge in [-0.15, -0.1) is 24.8 Å². The van der Waals surface area contributed by atoms with Gasteiger partial charge in [-0.2, -0.15) is 12.6 Å². The Bertz CT molecular complexity index is 711. The van der Waals surface area contributed by atoms with E-state index in [0.717, 1.165) is 55.5 Å². The molecule has 1 saturated heterocycles. The van der Waals surface area contributed by atoms with Crippen molar-refractivity contribution in [2.24, 2.45) is 5.73 Å². The fraction of sp³-hybridized carbons (Fsp3) is 0.421. The predicted octanol–water partition coefficient (Wildman–Crippen LogP) is 3.09. The Balaban J connectivity index is 0.00000169. The van der Waals surface area contributed by atoms with E-state index in [1.54, 1.807) is 0 Å². The number of carbonyl (C=O) groups is 1. The second-order valence-corrected chi connectivity index (χ2v) is 6.78. The number of halogens is 2. The molecule has 26 heavy (non-hydrogen) atoms. The zero-order valence-corrected chi connectivity index (χ0v) is 17.2. The largest absolute Gasteiger partial charge is 0.337 e. The summed E-state index contributed by atoms with van der Waals surface area (Å²) in [7, 11) is 0. The Morgan fingerprint density at radius 1 is 1.04 bits per heavy atom. The maximum atomic E-state index is 13.0. The molecule has 4 nitrogen and oxygen atoms in total. The van der Waals surface area contributed by atoms with Crippen molar-refractivity contribution in [3.8, 4) is 0 Å². The summed E-state index contributed by atoms with van der Waals surface area (Å²) < 4.78 is 0. The first-order valence-electron chi connectivity index (χ1n) is 8.55. The zero-order valence-electron chi connectivity index (χ0n) is 14.7. The van der Waals surface area contributed by atoms with E-state index in [4.69, 9.17) is 5.73 Å². The van der Waals surface area contributed by atoms with Crippen molar-refractivity contribution >= 4 is 54.1 Å². The molecule has 2 aromatic carbocycles. The Morgan fingerprint density at radius 2 is 1.77 bits per heavy atom. The summed E-state index contributed by atoms with van der Waals surface area (Å²) in [5.74, 6) is 0.821. The highest BCUT2D eigenvalue weighted by Crippen LogP contribution is 2.20. The number of amides is 1. The van der Waals surface area contributed by atoms with E-state index in [1.165, 1.54) is 0 Å². The molecular formula is C19H27Cl2N3OS. The van der Waals surface area contributed by atoms with Crippen LogP contribution in [-0.2, 0) is 0 Å². The third kappa shape index (κ3) is 5.51. The number of hydrogen-bond acceptors (Lipinski definition) is 4. The molecule has 0 spiro atoms. The van der Waals surface area contributed by atoms with Gasteiger partial charge in [0.1, 0.15) is 0 Å². The molecule has 144 valence electrons. The van der Waals surface area contributed by atoms with Gasteiger partial charge in [0.05, 0.1) is 0 Å². The minimum Gasteiger partial charge on any atom is -0.337 e. The van der Waals surface area contributed by atoms with Crippen LogP contribution in [-0.4, -0.2) is 60.2 Å². The molecule has 1 aliphatic heterocycles. The zero-order chi connectivity index (χ0) is 16.9. The lowest BCUT2D eigenvalue weighted by Gasteiger charge is -2.24. The Morgan fingerprint density at radius 3 is 2.54 bits per heavy atom. The highest BCUT2D eigenvalue weighted by molar-refractivity contribution is 7.80. The minimum absolute atomic E-state index is 0. The Kier molecular flexibility index (Phi) is 9.75. The molecule has 1 atom stereocenters. The van der Waals surface area contributed by atoms with Gasteiger partial charge in [0.25, 0.3) is 5.91 Å². The average molecular weight is 416 g/mol. The highest BCUT2D eigenvalue weighted by atomic mass is 35.5. The molecule has 1 aliphatic rings. The first kappa shape index (κ1) is 23.1. The van der Waals surface area contributed by atoms with Crippen LogP contribution in [0.3, 0.4) is 0 Å².